The fraction of sp³-hybridized carbons (Fsp3) is 1.00. The molecule has 2 aliphatic rings. The van der Waals surface area contributed by atoms with Crippen LogP contribution in [0.25, 0.3) is 0 Å². The second-order valence-electron chi connectivity index (χ2n) is 4.56. The van der Waals surface area contributed by atoms with Gasteiger partial charge in [0.2, 0.25) is 0 Å². The molecule has 1 N–H and O–H groups in total. The first-order chi connectivity index (χ1) is 5.75. The molecule has 0 aromatic rings. The normalized spacial score (nSPS) is 29.5. The molecule has 1 aliphatic heterocycles. The Bertz CT molecular complexity index is 148. The average molecular weight is 168 g/mol. The zero-order chi connectivity index (χ0) is 8.55. The van der Waals surface area contributed by atoms with E-state index in [9.17, 15) is 0 Å². The summed E-state index contributed by atoms with van der Waals surface area (Å²) < 4.78 is 0. The molecular formula is C10H20N2. The lowest BCUT2D eigenvalue weighted by Gasteiger charge is -2.41. The minimum absolute atomic E-state index is 0.762. The Kier molecular flexibility index (Phi) is 2.37. The highest BCUT2D eigenvalue weighted by atomic mass is 15.2. The summed E-state index contributed by atoms with van der Waals surface area (Å²) in [5, 5.41) is 3.71. The van der Waals surface area contributed by atoms with E-state index < -0.39 is 0 Å². The van der Waals surface area contributed by atoms with E-state index in [0.717, 1.165) is 18.0 Å². The molecule has 12 heavy (non-hydrogen) atoms. The van der Waals surface area contributed by atoms with Crippen molar-refractivity contribution < 1.29 is 0 Å². The Labute approximate surface area is 75.3 Å². The number of rotatable bonds is 3. The van der Waals surface area contributed by atoms with E-state index in [0.29, 0.717) is 0 Å². The summed E-state index contributed by atoms with van der Waals surface area (Å²) in [7, 11) is 2.19. The summed E-state index contributed by atoms with van der Waals surface area (Å²) in [6, 6.07) is 1.54. The quantitative estimate of drug-likeness (QED) is 0.678. The van der Waals surface area contributed by atoms with Crippen LogP contribution in [0.15, 0.2) is 0 Å². The van der Waals surface area contributed by atoms with Gasteiger partial charge in [-0.1, -0.05) is 6.42 Å². The summed E-state index contributed by atoms with van der Waals surface area (Å²) >= 11 is 0. The maximum Gasteiger partial charge on any atom is 0.0324 e. The Morgan fingerprint density at radius 2 is 2.00 bits per heavy atom. The number of hydrogen-bond donors (Lipinski definition) is 1. The number of likely N-dealkylation sites (N-methyl/N-ethyl adjacent to an activating group) is 1. The van der Waals surface area contributed by atoms with E-state index in [1.807, 2.05) is 0 Å². The molecule has 1 unspecified atom stereocenters. The molecule has 0 aromatic heterocycles. The van der Waals surface area contributed by atoms with Crippen LogP contribution in [0.3, 0.4) is 0 Å². The third-order valence-corrected chi connectivity index (χ3v) is 3.42. The molecule has 1 saturated heterocycles. The number of nitrogens with zero attached hydrogens (tertiary/aromatic N) is 1. The van der Waals surface area contributed by atoms with Gasteiger partial charge in [-0.25, -0.2) is 0 Å². The van der Waals surface area contributed by atoms with Crippen molar-refractivity contribution in [2.24, 2.45) is 5.92 Å². The van der Waals surface area contributed by atoms with Gasteiger partial charge < -0.3 is 10.2 Å². The zero-order valence-electron chi connectivity index (χ0n) is 8.21. The number of hydrogen-bond acceptors (Lipinski definition) is 2. The standard InChI is InChI=1S/C10H20N2/c1-8(9-4-3-5-9)11-10-6-12(2)7-10/h8-11H,3-7H2,1-2H3. The van der Waals surface area contributed by atoms with Crippen molar-refractivity contribution in [1.82, 2.24) is 10.2 Å². The lowest BCUT2D eigenvalue weighted by Crippen LogP contribution is -2.59. The van der Waals surface area contributed by atoms with E-state index in [4.69, 9.17) is 0 Å². The molecule has 70 valence electrons. The smallest absolute Gasteiger partial charge is 0.0324 e. The molecule has 0 spiro atoms. The fourth-order valence-corrected chi connectivity index (χ4v) is 2.25. The minimum Gasteiger partial charge on any atom is -0.309 e. The van der Waals surface area contributed by atoms with E-state index >= 15 is 0 Å². The second kappa shape index (κ2) is 3.35. The zero-order valence-corrected chi connectivity index (χ0v) is 8.21. The summed E-state index contributed by atoms with van der Waals surface area (Å²) in [6.45, 7) is 4.84. The van der Waals surface area contributed by atoms with Crippen molar-refractivity contribution >= 4 is 0 Å². The van der Waals surface area contributed by atoms with Gasteiger partial charge in [-0.2, -0.15) is 0 Å². The molecule has 2 heteroatoms. The van der Waals surface area contributed by atoms with Crippen LogP contribution in [-0.2, 0) is 0 Å². The molecule has 0 bridgehead atoms. The van der Waals surface area contributed by atoms with Crippen molar-refractivity contribution in [2.45, 2.75) is 38.3 Å². The molecule has 1 atom stereocenters. The van der Waals surface area contributed by atoms with Gasteiger partial charge in [-0.15, -0.1) is 0 Å². The summed E-state index contributed by atoms with van der Waals surface area (Å²) in [4.78, 5) is 2.37. The summed E-state index contributed by atoms with van der Waals surface area (Å²) in [5.74, 6) is 0.982. The van der Waals surface area contributed by atoms with Crippen LogP contribution in [0, 0.1) is 5.92 Å². The largest absolute Gasteiger partial charge is 0.309 e. The van der Waals surface area contributed by atoms with Gasteiger partial charge in [0.1, 0.15) is 0 Å². The predicted molar refractivity (Wildman–Crippen MR) is 51.2 cm³/mol. The molecule has 0 radical (unpaired) electrons. The van der Waals surface area contributed by atoms with E-state index in [1.165, 1.54) is 32.4 Å². The van der Waals surface area contributed by atoms with Crippen molar-refractivity contribution in [1.29, 1.82) is 0 Å². The van der Waals surface area contributed by atoms with Crippen molar-refractivity contribution in [2.75, 3.05) is 20.1 Å². The van der Waals surface area contributed by atoms with Crippen LogP contribution >= 0.6 is 0 Å². The van der Waals surface area contributed by atoms with Crippen LogP contribution in [0.5, 0.6) is 0 Å². The predicted octanol–water partition coefficient (Wildman–Crippen LogP) is 1.08. The highest BCUT2D eigenvalue weighted by Gasteiger charge is 2.29. The highest BCUT2D eigenvalue weighted by Crippen LogP contribution is 2.29. The van der Waals surface area contributed by atoms with E-state index in [1.54, 1.807) is 0 Å². The molecule has 1 saturated carbocycles. The Balaban J connectivity index is 1.65. The second-order valence-corrected chi connectivity index (χ2v) is 4.56. The first kappa shape index (κ1) is 8.52. The topological polar surface area (TPSA) is 15.3 Å². The average Bonchev–Trinajstić information content (AvgIpc) is 1.79. The summed E-state index contributed by atoms with van der Waals surface area (Å²) in [6.07, 6.45) is 4.37. The molecule has 1 heterocycles. The first-order valence-corrected chi connectivity index (χ1v) is 5.20. The van der Waals surface area contributed by atoms with Crippen LogP contribution in [0.4, 0.5) is 0 Å². The molecule has 2 fully saturated rings. The third kappa shape index (κ3) is 1.64. The Morgan fingerprint density at radius 1 is 1.33 bits per heavy atom. The van der Waals surface area contributed by atoms with Crippen LogP contribution in [-0.4, -0.2) is 37.1 Å². The van der Waals surface area contributed by atoms with Gasteiger partial charge in [0, 0.05) is 25.2 Å². The lowest BCUT2D eigenvalue weighted by molar-refractivity contribution is 0.127. The minimum atomic E-state index is 0.762. The molecule has 0 aromatic carbocycles. The van der Waals surface area contributed by atoms with Gasteiger partial charge in [0.05, 0.1) is 0 Å². The molecule has 1 aliphatic carbocycles. The van der Waals surface area contributed by atoms with Crippen molar-refractivity contribution in [3.05, 3.63) is 0 Å². The fourth-order valence-electron chi connectivity index (χ4n) is 2.25. The van der Waals surface area contributed by atoms with Crippen LogP contribution < -0.4 is 5.32 Å². The van der Waals surface area contributed by atoms with E-state index in [2.05, 4.69) is 24.2 Å². The van der Waals surface area contributed by atoms with Gasteiger partial charge in [0.15, 0.2) is 0 Å². The first-order valence-electron chi connectivity index (χ1n) is 5.20. The lowest BCUT2D eigenvalue weighted by atomic mass is 9.80. The Hall–Kier alpha value is -0.0800. The number of likely N-dealkylation sites (tertiary alicyclic amines) is 1. The molecular weight excluding hydrogens is 148 g/mol. The third-order valence-electron chi connectivity index (χ3n) is 3.42. The van der Waals surface area contributed by atoms with Crippen LogP contribution in [0.1, 0.15) is 26.2 Å². The van der Waals surface area contributed by atoms with Gasteiger partial charge in [0.25, 0.3) is 0 Å². The highest BCUT2D eigenvalue weighted by molar-refractivity contribution is 4.88. The molecule has 0 amide bonds. The van der Waals surface area contributed by atoms with Crippen molar-refractivity contribution in [3.63, 3.8) is 0 Å². The maximum atomic E-state index is 3.71. The maximum absolute atomic E-state index is 3.71. The SMILES string of the molecule is CC(NC1CN(C)C1)C1CCC1. The van der Waals surface area contributed by atoms with Crippen LogP contribution in [0.2, 0.25) is 0 Å². The van der Waals surface area contributed by atoms with Gasteiger partial charge in [-0.05, 0) is 32.7 Å². The van der Waals surface area contributed by atoms with Gasteiger partial charge in [-0.3, -0.25) is 0 Å². The van der Waals surface area contributed by atoms with Crippen molar-refractivity contribution in [3.8, 4) is 0 Å². The number of nitrogens with one attached hydrogen (secondary N) is 1. The van der Waals surface area contributed by atoms with Gasteiger partial charge >= 0.3 is 0 Å². The Morgan fingerprint density at radius 3 is 2.42 bits per heavy atom. The molecule has 2 rings (SSSR count). The molecule has 2 nitrogen and oxygen atoms in total. The summed E-state index contributed by atoms with van der Waals surface area (Å²) in [5.41, 5.74) is 0. The monoisotopic (exact) mass is 168 g/mol. The van der Waals surface area contributed by atoms with E-state index in [-0.39, 0.29) is 0 Å².